The molecule has 100 valence electrons. The van der Waals surface area contributed by atoms with Crippen molar-refractivity contribution < 1.29 is 4.79 Å². The molecule has 0 aliphatic rings. The average molecular weight is 248 g/mol. The van der Waals surface area contributed by atoms with Gasteiger partial charge in [0.05, 0.1) is 0 Å². The SMILES string of the molecule is Cc1ccc(NC(=O)CCCNC(C)C)cc1C. The first kappa shape index (κ1) is 14.7. The highest BCUT2D eigenvalue weighted by molar-refractivity contribution is 5.90. The molecule has 0 saturated heterocycles. The van der Waals surface area contributed by atoms with E-state index in [1.165, 1.54) is 11.1 Å². The van der Waals surface area contributed by atoms with Gasteiger partial charge in [-0.05, 0) is 50.1 Å². The minimum Gasteiger partial charge on any atom is -0.326 e. The van der Waals surface area contributed by atoms with Gasteiger partial charge in [-0.3, -0.25) is 4.79 Å². The van der Waals surface area contributed by atoms with Crippen molar-refractivity contribution in [3.8, 4) is 0 Å². The van der Waals surface area contributed by atoms with Crippen LogP contribution in [0.2, 0.25) is 0 Å². The van der Waals surface area contributed by atoms with Crippen molar-refractivity contribution >= 4 is 11.6 Å². The van der Waals surface area contributed by atoms with Crippen molar-refractivity contribution in [2.24, 2.45) is 0 Å². The van der Waals surface area contributed by atoms with E-state index in [0.29, 0.717) is 12.5 Å². The van der Waals surface area contributed by atoms with E-state index in [0.717, 1.165) is 18.7 Å². The van der Waals surface area contributed by atoms with Crippen LogP contribution in [0.15, 0.2) is 18.2 Å². The number of anilines is 1. The Hall–Kier alpha value is -1.35. The van der Waals surface area contributed by atoms with Gasteiger partial charge in [-0.1, -0.05) is 19.9 Å². The number of rotatable bonds is 6. The van der Waals surface area contributed by atoms with Crippen molar-refractivity contribution in [2.45, 2.75) is 46.6 Å². The van der Waals surface area contributed by atoms with Crippen LogP contribution in [-0.4, -0.2) is 18.5 Å². The van der Waals surface area contributed by atoms with Gasteiger partial charge in [-0.15, -0.1) is 0 Å². The fraction of sp³-hybridized carbons (Fsp3) is 0.533. The minimum atomic E-state index is 0.0869. The number of carbonyl (C=O) groups excluding carboxylic acids is 1. The quantitative estimate of drug-likeness (QED) is 0.760. The zero-order chi connectivity index (χ0) is 13.5. The lowest BCUT2D eigenvalue weighted by molar-refractivity contribution is -0.116. The van der Waals surface area contributed by atoms with E-state index in [4.69, 9.17) is 0 Å². The van der Waals surface area contributed by atoms with Crippen molar-refractivity contribution in [2.75, 3.05) is 11.9 Å². The summed E-state index contributed by atoms with van der Waals surface area (Å²) in [5.74, 6) is 0.0869. The Morgan fingerprint density at radius 3 is 2.56 bits per heavy atom. The van der Waals surface area contributed by atoms with Gasteiger partial charge in [0.1, 0.15) is 0 Å². The number of amides is 1. The first-order valence-corrected chi connectivity index (χ1v) is 6.59. The first-order chi connectivity index (χ1) is 8.49. The molecule has 1 aromatic carbocycles. The highest BCUT2D eigenvalue weighted by Gasteiger charge is 2.03. The number of hydrogen-bond acceptors (Lipinski definition) is 2. The number of nitrogens with one attached hydrogen (secondary N) is 2. The van der Waals surface area contributed by atoms with Gasteiger partial charge in [0, 0.05) is 18.2 Å². The highest BCUT2D eigenvalue weighted by atomic mass is 16.1. The minimum absolute atomic E-state index is 0.0869. The van der Waals surface area contributed by atoms with Crippen LogP contribution < -0.4 is 10.6 Å². The molecular weight excluding hydrogens is 224 g/mol. The molecule has 0 heterocycles. The largest absolute Gasteiger partial charge is 0.326 e. The predicted octanol–water partition coefficient (Wildman–Crippen LogP) is 3.02. The molecule has 0 radical (unpaired) electrons. The van der Waals surface area contributed by atoms with Crippen LogP contribution in [0.1, 0.15) is 37.8 Å². The molecule has 3 nitrogen and oxygen atoms in total. The molecule has 0 bridgehead atoms. The van der Waals surface area contributed by atoms with Crippen LogP contribution in [0, 0.1) is 13.8 Å². The van der Waals surface area contributed by atoms with E-state index in [1.54, 1.807) is 0 Å². The van der Waals surface area contributed by atoms with Crippen LogP contribution in [0.4, 0.5) is 5.69 Å². The summed E-state index contributed by atoms with van der Waals surface area (Å²) in [6, 6.07) is 6.48. The number of carbonyl (C=O) groups is 1. The fourth-order valence-electron chi connectivity index (χ4n) is 1.68. The molecule has 0 aromatic heterocycles. The van der Waals surface area contributed by atoms with E-state index in [-0.39, 0.29) is 5.91 Å². The van der Waals surface area contributed by atoms with Crippen LogP contribution in [0.25, 0.3) is 0 Å². The Labute approximate surface area is 110 Å². The Balaban J connectivity index is 2.33. The summed E-state index contributed by atoms with van der Waals surface area (Å²) >= 11 is 0. The van der Waals surface area contributed by atoms with Gasteiger partial charge < -0.3 is 10.6 Å². The molecule has 1 rings (SSSR count). The standard InChI is InChI=1S/C15H24N2O/c1-11(2)16-9-5-6-15(18)17-14-8-7-12(3)13(4)10-14/h7-8,10-11,16H,5-6,9H2,1-4H3,(H,17,18). The van der Waals surface area contributed by atoms with Crippen molar-refractivity contribution in [1.82, 2.24) is 5.32 Å². The molecule has 0 fully saturated rings. The van der Waals surface area contributed by atoms with Crippen molar-refractivity contribution in [3.63, 3.8) is 0 Å². The molecule has 1 amide bonds. The molecule has 0 spiro atoms. The summed E-state index contributed by atoms with van der Waals surface area (Å²) in [6.45, 7) is 9.22. The molecule has 1 aromatic rings. The van der Waals surface area contributed by atoms with E-state index in [9.17, 15) is 4.79 Å². The molecule has 18 heavy (non-hydrogen) atoms. The Bertz CT molecular complexity index is 399. The zero-order valence-corrected chi connectivity index (χ0v) is 11.8. The smallest absolute Gasteiger partial charge is 0.224 e. The lowest BCUT2D eigenvalue weighted by Crippen LogP contribution is -2.24. The highest BCUT2D eigenvalue weighted by Crippen LogP contribution is 2.14. The second-order valence-electron chi connectivity index (χ2n) is 5.06. The normalized spacial score (nSPS) is 10.7. The summed E-state index contributed by atoms with van der Waals surface area (Å²) in [5.41, 5.74) is 3.34. The number of benzene rings is 1. The van der Waals surface area contributed by atoms with Gasteiger partial charge in [0.2, 0.25) is 5.91 Å². The number of hydrogen-bond donors (Lipinski definition) is 2. The third kappa shape index (κ3) is 5.32. The van der Waals surface area contributed by atoms with Crippen LogP contribution in [0.5, 0.6) is 0 Å². The Morgan fingerprint density at radius 1 is 1.22 bits per heavy atom. The number of aryl methyl sites for hydroxylation is 2. The zero-order valence-electron chi connectivity index (χ0n) is 11.8. The van der Waals surface area contributed by atoms with Crippen LogP contribution in [-0.2, 0) is 4.79 Å². The molecule has 0 aliphatic carbocycles. The fourth-order valence-corrected chi connectivity index (χ4v) is 1.68. The Kier molecular flexibility index (Phi) is 5.86. The monoisotopic (exact) mass is 248 g/mol. The molecule has 2 N–H and O–H groups in total. The Morgan fingerprint density at radius 2 is 1.94 bits per heavy atom. The molecule has 0 unspecified atom stereocenters. The van der Waals surface area contributed by atoms with Crippen LogP contribution >= 0.6 is 0 Å². The maximum Gasteiger partial charge on any atom is 0.224 e. The molecule has 0 saturated carbocycles. The van der Waals surface area contributed by atoms with Gasteiger partial charge in [0.15, 0.2) is 0 Å². The first-order valence-electron chi connectivity index (χ1n) is 6.59. The van der Waals surface area contributed by atoms with Crippen molar-refractivity contribution in [1.29, 1.82) is 0 Å². The second-order valence-corrected chi connectivity index (χ2v) is 5.06. The summed E-state index contributed by atoms with van der Waals surface area (Å²) in [6.07, 6.45) is 1.43. The maximum atomic E-state index is 11.7. The van der Waals surface area contributed by atoms with Crippen molar-refractivity contribution in [3.05, 3.63) is 29.3 Å². The third-order valence-electron chi connectivity index (χ3n) is 2.92. The topological polar surface area (TPSA) is 41.1 Å². The third-order valence-corrected chi connectivity index (χ3v) is 2.92. The van der Waals surface area contributed by atoms with Gasteiger partial charge in [0.25, 0.3) is 0 Å². The summed E-state index contributed by atoms with van der Waals surface area (Å²) in [7, 11) is 0. The predicted molar refractivity (Wildman–Crippen MR) is 76.9 cm³/mol. The van der Waals surface area contributed by atoms with Gasteiger partial charge in [-0.2, -0.15) is 0 Å². The molecular formula is C15H24N2O. The molecule has 3 heteroatoms. The van der Waals surface area contributed by atoms with Crippen LogP contribution in [0.3, 0.4) is 0 Å². The summed E-state index contributed by atoms with van der Waals surface area (Å²) in [5, 5.41) is 6.23. The molecule has 0 atom stereocenters. The average Bonchev–Trinajstić information content (AvgIpc) is 2.29. The van der Waals surface area contributed by atoms with Gasteiger partial charge in [-0.25, -0.2) is 0 Å². The summed E-state index contributed by atoms with van der Waals surface area (Å²) < 4.78 is 0. The van der Waals surface area contributed by atoms with E-state index in [1.807, 2.05) is 18.2 Å². The second kappa shape index (κ2) is 7.17. The van der Waals surface area contributed by atoms with E-state index in [2.05, 4.69) is 38.3 Å². The lowest BCUT2D eigenvalue weighted by Gasteiger charge is -2.09. The van der Waals surface area contributed by atoms with E-state index < -0.39 is 0 Å². The lowest BCUT2D eigenvalue weighted by atomic mass is 10.1. The van der Waals surface area contributed by atoms with E-state index >= 15 is 0 Å². The summed E-state index contributed by atoms with van der Waals surface area (Å²) in [4.78, 5) is 11.7. The maximum absolute atomic E-state index is 11.7. The van der Waals surface area contributed by atoms with Gasteiger partial charge >= 0.3 is 0 Å². The molecule has 0 aliphatic heterocycles.